The van der Waals surface area contributed by atoms with Gasteiger partial charge >= 0.3 is 0 Å². The Morgan fingerprint density at radius 3 is 2.30 bits per heavy atom. The molecule has 0 saturated heterocycles. The van der Waals surface area contributed by atoms with E-state index in [0.29, 0.717) is 13.0 Å². The van der Waals surface area contributed by atoms with E-state index >= 15 is 0 Å². The summed E-state index contributed by atoms with van der Waals surface area (Å²) in [7, 11) is 0. The van der Waals surface area contributed by atoms with Gasteiger partial charge in [-0.05, 0) is 42.6 Å². The Balaban J connectivity index is 1.59. The summed E-state index contributed by atoms with van der Waals surface area (Å²) in [4.78, 5) is 25.5. The standard InChI is InChI=1S/C22H27N3O2/c1-2-25(15-20(23)26)16-22(12-13-22)18-8-10-19(11-9-18)24-21(27)14-17-6-4-3-5-7-17/h3-11H,2,12-16H2,1H3,(H2,23,26)(H,24,27). The highest BCUT2D eigenvalue weighted by molar-refractivity contribution is 5.92. The average molecular weight is 365 g/mol. The van der Waals surface area contributed by atoms with Crippen LogP contribution in [-0.4, -0.2) is 36.3 Å². The summed E-state index contributed by atoms with van der Waals surface area (Å²) in [6, 6.07) is 17.8. The van der Waals surface area contributed by atoms with Crippen LogP contribution in [0.2, 0.25) is 0 Å². The van der Waals surface area contributed by atoms with Crippen LogP contribution in [0.25, 0.3) is 0 Å². The molecule has 0 aliphatic heterocycles. The van der Waals surface area contributed by atoms with Crippen molar-refractivity contribution in [3.8, 4) is 0 Å². The monoisotopic (exact) mass is 365 g/mol. The second-order valence-corrected chi connectivity index (χ2v) is 7.34. The third-order valence-corrected chi connectivity index (χ3v) is 5.20. The lowest BCUT2D eigenvalue weighted by molar-refractivity contribution is -0.119. The van der Waals surface area contributed by atoms with E-state index in [1.807, 2.05) is 49.4 Å². The number of rotatable bonds is 9. The Bertz CT molecular complexity index is 783. The zero-order valence-corrected chi connectivity index (χ0v) is 15.8. The molecule has 2 aromatic rings. The highest BCUT2D eigenvalue weighted by Crippen LogP contribution is 2.48. The van der Waals surface area contributed by atoms with Gasteiger partial charge in [0.1, 0.15) is 0 Å². The molecule has 0 aromatic heterocycles. The van der Waals surface area contributed by atoms with Crippen LogP contribution < -0.4 is 11.1 Å². The fourth-order valence-electron chi connectivity index (χ4n) is 3.51. The van der Waals surface area contributed by atoms with Gasteiger partial charge in [0.2, 0.25) is 11.8 Å². The highest BCUT2D eigenvalue weighted by Gasteiger charge is 2.45. The fraction of sp³-hybridized carbons (Fsp3) is 0.364. The van der Waals surface area contributed by atoms with E-state index in [1.165, 1.54) is 5.56 Å². The number of likely N-dealkylation sites (N-methyl/N-ethyl adjacent to an activating group) is 1. The van der Waals surface area contributed by atoms with Gasteiger partial charge in [0.25, 0.3) is 0 Å². The SMILES string of the molecule is CCN(CC(N)=O)CC1(c2ccc(NC(=O)Cc3ccccc3)cc2)CC1. The van der Waals surface area contributed by atoms with Crippen molar-refractivity contribution in [3.63, 3.8) is 0 Å². The molecule has 1 fully saturated rings. The number of nitrogens with two attached hydrogens (primary N) is 1. The molecule has 0 radical (unpaired) electrons. The van der Waals surface area contributed by atoms with Crippen molar-refractivity contribution in [3.05, 3.63) is 65.7 Å². The van der Waals surface area contributed by atoms with Crippen LogP contribution in [-0.2, 0) is 21.4 Å². The molecule has 2 amide bonds. The smallest absolute Gasteiger partial charge is 0.231 e. The Labute approximate surface area is 160 Å². The molecule has 1 aliphatic rings. The van der Waals surface area contributed by atoms with Crippen molar-refractivity contribution in [2.24, 2.45) is 5.73 Å². The first-order valence-corrected chi connectivity index (χ1v) is 9.46. The maximum Gasteiger partial charge on any atom is 0.231 e. The summed E-state index contributed by atoms with van der Waals surface area (Å²) in [5.74, 6) is -0.308. The number of nitrogens with zero attached hydrogens (tertiary/aromatic N) is 1. The number of primary amides is 1. The van der Waals surface area contributed by atoms with Crippen molar-refractivity contribution in [1.29, 1.82) is 0 Å². The van der Waals surface area contributed by atoms with Gasteiger partial charge in [0.05, 0.1) is 13.0 Å². The molecule has 0 atom stereocenters. The van der Waals surface area contributed by atoms with Crippen LogP contribution in [0.1, 0.15) is 30.9 Å². The van der Waals surface area contributed by atoms with Crippen LogP contribution in [0.3, 0.4) is 0 Å². The van der Waals surface area contributed by atoms with Gasteiger partial charge < -0.3 is 11.1 Å². The first kappa shape index (κ1) is 19.1. The number of hydrogen-bond acceptors (Lipinski definition) is 3. The molecule has 0 unspecified atom stereocenters. The summed E-state index contributed by atoms with van der Waals surface area (Å²) in [6.45, 7) is 3.99. The molecule has 0 bridgehead atoms. The topological polar surface area (TPSA) is 75.4 Å². The molecule has 27 heavy (non-hydrogen) atoms. The Morgan fingerprint density at radius 2 is 1.74 bits per heavy atom. The van der Waals surface area contributed by atoms with E-state index < -0.39 is 0 Å². The molecule has 0 spiro atoms. The third kappa shape index (κ3) is 5.17. The number of anilines is 1. The van der Waals surface area contributed by atoms with Gasteiger partial charge in [0, 0.05) is 17.6 Å². The molecule has 1 saturated carbocycles. The van der Waals surface area contributed by atoms with E-state index in [1.54, 1.807) is 0 Å². The maximum absolute atomic E-state index is 12.2. The van der Waals surface area contributed by atoms with Crippen LogP contribution in [0.4, 0.5) is 5.69 Å². The molecule has 0 heterocycles. The van der Waals surface area contributed by atoms with E-state index in [2.05, 4.69) is 22.3 Å². The minimum absolute atomic E-state index is 0.0197. The first-order valence-electron chi connectivity index (χ1n) is 9.46. The summed E-state index contributed by atoms with van der Waals surface area (Å²) in [6.07, 6.45) is 2.59. The molecule has 142 valence electrons. The van der Waals surface area contributed by atoms with Crippen LogP contribution in [0.15, 0.2) is 54.6 Å². The van der Waals surface area contributed by atoms with Crippen LogP contribution in [0.5, 0.6) is 0 Å². The van der Waals surface area contributed by atoms with Gasteiger partial charge in [-0.3, -0.25) is 14.5 Å². The molecular weight excluding hydrogens is 338 g/mol. The largest absolute Gasteiger partial charge is 0.369 e. The lowest BCUT2D eigenvalue weighted by Crippen LogP contribution is -2.38. The van der Waals surface area contributed by atoms with E-state index in [9.17, 15) is 9.59 Å². The van der Waals surface area contributed by atoms with Gasteiger partial charge in [-0.25, -0.2) is 0 Å². The van der Waals surface area contributed by atoms with E-state index in [4.69, 9.17) is 5.73 Å². The lowest BCUT2D eigenvalue weighted by Gasteiger charge is -2.25. The van der Waals surface area contributed by atoms with Crippen molar-refractivity contribution in [1.82, 2.24) is 4.90 Å². The van der Waals surface area contributed by atoms with Gasteiger partial charge in [-0.2, -0.15) is 0 Å². The number of amides is 2. The molecule has 2 aromatic carbocycles. The molecule has 3 rings (SSSR count). The second kappa shape index (κ2) is 8.35. The van der Waals surface area contributed by atoms with Crippen LogP contribution >= 0.6 is 0 Å². The molecule has 5 nitrogen and oxygen atoms in total. The number of hydrogen-bond donors (Lipinski definition) is 2. The van der Waals surface area contributed by atoms with Crippen molar-refractivity contribution in [2.45, 2.75) is 31.6 Å². The second-order valence-electron chi connectivity index (χ2n) is 7.34. The number of carbonyl (C=O) groups is 2. The predicted octanol–water partition coefficient (Wildman–Crippen LogP) is 2.71. The molecule has 3 N–H and O–H groups in total. The van der Waals surface area contributed by atoms with Crippen molar-refractivity contribution in [2.75, 3.05) is 25.0 Å². The van der Waals surface area contributed by atoms with Gasteiger partial charge in [0.15, 0.2) is 0 Å². The van der Waals surface area contributed by atoms with Gasteiger partial charge in [-0.15, -0.1) is 0 Å². The Hall–Kier alpha value is -2.66. The molecule has 1 aliphatic carbocycles. The van der Waals surface area contributed by atoms with E-state index in [0.717, 1.165) is 37.2 Å². The fourth-order valence-corrected chi connectivity index (χ4v) is 3.51. The lowest BCUT2D eigenvalue weighted by atomic mass is 9.95. The zero-order valence-electron chi connectivity index (χ0n) is 15.8. The number of benzene rings is 2. The number of nitrogens with one attached hydrogen (secondary N) is 1. The summed E-state index contributed by atoms with van der Waals surface area (Å²) in [5, 5.41) is 2.96. The number of carbonyl (C=O) groups excluding carboxylic acids is 2. The minimum atomic E-state index is -0.288. The summed E-state index contributed by atoms with van der Waals surface area (Å²) >= 11 is 0. The molecular formula is C22H27N3O2. The summed E-state index contributed by atoms with van der Waals surface area (Å²) in [5.41, 5.74) is 8.52. The van der Waals surface area contributed by atoms with E-state index in [-0.39, 0.29) is 17.2 Å². The third-order valence-electron chi connectivity index (χ3n) is 5.20. The zero-order chi connectivity index (χ0) is 19.3. The summed E-state index contributed by atoms with van der Waals surface area (Å²) < 4.78 is 0. The van der Waals surface area contributed by atoms with Crippen molar-refractivity contribution >= 4 is 17.5 Å². The predicted molar refractivity (Wildman–Crippen MR) is 107 cm³/mol. The van der Waals surface area contributed by atoms with Crippen LogP contribution in [0, 0.1) is 0 Å². The van der Waals surface area contributed by atoms with Gasteiger partial charge in [-0.1, -0.05) is 49.4 Å². The minimum Gasteiger partial charge on any atom is -0.369 e. The maximum atomic E-state index is 12.2. The Morgan fingerprint density at radius 1 is 1.07 bits per heavy atom. The first-order chi connectivity index (χ1) is 13.0. The highest BCUT2D eigenvalue weighted by atomic mass is 16.2. The van der Waals surface area contributed by atoms with Crippen molar-refractivity contribution < 1.29 is 9.59 Å². The average Bonchev–Trinajstić information content (AvgIpc) is 3.43. The quantitative estimate of drug-likeness (QED) is 0.717. The molecule has 5 heteroatoms. The Kier molecular flexibility index (Phi) is 5.91. The normalized spacial score (nSPS) is 14.7.